The Hall–Kier alpha value is -3.48. The third-order valence-corrected chi connectivity index (χ3v) is 6.49. The number of nitrogens with zero attached hydrogens (tertiary/aromatic N) is 3. The minimum absolute atomic E-state index is 0.120. The van der Waals surface area contributed by atoms with Gasteiger partial charge in [-0.3, -0.25) is 9.78 Å². The van der Waals surface area contributed by atoms with Gasteiger partial charge in [0.25, 0.3) is 0 Å². The number of aromatic nitrogens is 3. The van der Waals surface area contributed by atoms with Crippen LogP contribution in [-0.4, -0.2) is 27.4 Å². The summed E-state index contributed by atoms with van der Waals surface area (Å²) in [4.78, 5) is 23.1. The molecule has 0 aliphatic carbocycles. The summed E-state index contributed by atoms with van der Waals surface area (Å²) >= 11 is 7.37. The first kappa shape index (κ1) is 20.4. The molecule has 3 aromatic heterocycles. The SMILES string of the molecule is COc1ccc2c(c1)c(C(=O)c1ncc(-c3ccccn3)s1)cn2Cc1ccc(Cl)cc1. The molecule has 158 valence electrons. The highest BCUT2D eigenvalue weighted by Crippen LogP contribution is 2.31. The number of halogens is 1. The second kappa shape index (κ2) is 8.57. The number of rotatable bonds is 6. The summed E-state index contributed by atoms with van der Waals surface area (Å²) in [6.07, 6.45) is 5.32. The Balaban J connectivity index is 1.56. The van der Waals surface area contributed by atoms with Gasteiger partial charge in [-0.05, 0) is 48.0 Å². The van der Waals surface area contributed by atoms with E-state index in [0.717, 1.165) is 27.0 Å². The number of fused-ring (bicyclic) bond motifs is 1. The van der Waals surface area contributed by atoms with E-state index in [1.807, 2.05) is 66.9 Å². The fourth-order valence-corrected chi connectivity index (χ4v) is 4.60. The number of methoxy groups -OCH3 is 1. The van der Waals surface area contributed by atoms with Crippen molar-refractivity contribution in [3.05, 3.63) is 100 Å². The van der Waals surface area contributed by atoms with Crippen LogP contribution in [0.2, 0.25) is 5.02 Å². The maximum atomic E-state index is 13.5. The molecule has 0 aliphatic heterocycles. The van der Waals surface area contributed by atoms with Crippen molar-refractivity contribution < 1.29 is 9.53 Å². The van der Waals surface area contributed by atoms with E-state index in [-0.39, 0.29) is 5.78 Å². The van der Waals surface area contributed by atoms with E-state index in [1.54, 1.807) is 19.5 Å². The van der Waals surface area contributed by atoms with E-state index >= 15 is 0 Å². The molecule has 0 saturated heterocycles. The summed E-state index contributed by atoms with van der Waals surface area (Å²) in [5.74, 6) is 0.578. The van der Waals surface area contributed by atoms with E-state index in [4.69, 9.17) is 16.3 Å². The van der Waals surface area contributed by atoms with E-state index in [0.29, 0.717) is 27.9 Å². The molecule has 7 heteroatoms. The molecule has 5 nitrogen and oxygen atoms in total. The van der Waals surface area contributed by atoms with Gasteiger partial charge < -0.3 is 9.30 Å². The Morgan fingerprint density at radius 1 is 1.09 bits per heavy atom. The number of carbonyl (C=O) groups excluding carboxylic acids is 1. The molecule has 0 aliphatic rings. The standard InChI is InChI=1S/C25H18ClN3O2S/c1-31-18-9-10-22-19(12-18)20(15-29(22)14-16-5-7-17(26)8-6-16)24(30)25-28-13-23(32-25)21-4-2-3-11-27-21/h2-13,15H,14H2,1H3. The summed E-state index contributed by atoms with van der Waals surface area (Å²) in [6, 6.07) is 19.2. The van der Waals surface area contributed by atoms with E-state index in [2.05, 4.69) is 14.5 Å². The largest absolute Gasteiger partial charge is 0.497 e. The smallest absolute Gasteiger partial charge is 0.223 e. The van der Waals surface area contributed by atoms with Crippen molar-refractivity contribution in [3.8, 4) is 16.3 Å². The number of thiazole rings is 1. The topological polar surface area (TPSA) is 57.0 Å². The number of hydrogen-bond acceptors (Lipinski definition) is 5. The Morgan fingerprint density at radius 3 is 2.69 bits per heavy atom. The van der Waals surface area contributed by atoms with Crippen LogP contribution in [0.5, 0.6) is 5.75 Å². The van der Waals surface area contributed by atoms with Crippen molar-refractivity contribution in [2.75, 3.05) is 7.11 Å². The number of benzene rings is 2. The Bertz CT molecular complexity index is 1410. The van der Waals surface area contributed by atoms with Crippen molar-refractivity contribution in [1.29, 1.82) is 0 Å². The van der Waals surface area contributed by atoms with Crippen LogP contribution in [0.4, 0.5) is 0 Å². The van der Waals surface area contributed by atoms with Crippen molar-refractivity contribution in [2.45, 2.75) is 6.54 Å². The number of hydrogen-bond donors (Lipinski definition) is 0. The third-order valence-electron chi connectivity index (χ3n) is 5.22. The Labute approximate surface area is 193 Å². The first-order chi connectivity index (χ1) is 15.6. The highest BCUT2D eigenvalue weighted by Gasteiger charge is 2.21. The number of ether oxygens (including phenoxy) is 1. The van der Waals surface area contributed by atoms with Gasteiger partial charge in [-0.25, -0.2) is 4.98 Å². The molecule has 2 aromatic carbocycles. The van der Waals surface area contributed by atoms with Crippen LogP contribution in [0.25, 0.3) is 21.5 Å². The molecule has 0 amide bonds. The fourth-order valence-electron chi connectivity index (χ4n) is 3.62. The van der Waals surface area contributed by atoms with Gasteiger partial charge in [-0.2, -0.15) is 0 Å². The average Bonchev–Trinajstić information content (AvgIpc) is 3.46. The lowest BCUT2D eigenvalue weighted by Gasteiger charge is -2.06. The Morgan fingerprint density at radius 2 is 1.94 bits per heavy atom. The number of ketones is 1. The summed E-state index contributed by atoms with van der Waals surface area (Å²) < 4.78 is 7.48. The fraction of sp³-hybridized carbons (Fsp3) is 0.0800. The molecule has 5 aromatic rings. The van der Waals surface area contributed by atoms with Crippen molar-refractivity contribution in [2.24, 2.45) is 0 Å². The molecule has 0 spiro atoms. The van der Waals surface area contributed by atoms with Crippen molar-refractivity contribution in [3.63, 3.8) is 0 Å². The Kier molecular flexibility index (Phi) is 5.47. The van der Waals surface area contributed by atoms with E-state index in [9.17, 15) is 4.79 Å². The first-order valence-corrected chi connectivity index (χ1v) is 11.1. The van der Waals surface area contributed by atoms with Gasteiger partial charge in [-0.1, -0.05) is 29.8 Å². The summed E-state index contributed by atoms with van der Waals surface area (Å²) in [6.45, 7) is 0.615. The number of pyridine rings is 1. The van der Waals surface area contributed by atoms with Crippen molar-refractivity contribution >= 4 is 39.6 Å². The molecule has 32 heavy (non-hydrogen) atoms. The zero-order valence-electron chi connectivity index (χ0n) is 17.2. The molecule has 3 heterocycles. The normalized spacial score (nSPS) is 11.1. The lowest BCUT2D eigenvalue weighted by atomic mass is 10.1. The zero-order valence-corrected chi connectivity index (χ0v) is 18.7. The van der Waals surface area contributed by atoms with Crippen LogP contribution in [-0.2, 0) is 6.54 Å². The van der Waals surface area contributed by atoms with Crippen LogP contribution >= 0.6 is 22.9 Å². The molecule has 5 rings (SSSR count). The molecular weight excluding hydrogens is 442 g/mol. The number of carbonyl (C=O) groups is 1. The molecule has 0 fully saturated rings. The summed E-state index contributed by atoms with van der Waals surface area (Å²) in [5, 5.41) is 1.95. The second-order valence-corrected chi connectivity index (χ2v) is 8.72. The van der Waals surface area contributed by atoms with Crippen LogP contribution in [0.15, 0.2) is 79.3 Å². The summed E-state index contributed by atoms with van der Waals surface area (Å²) in [5.41, 5.74) is 3.43. The molecule has 0 N–H and O–H groups in total. The summed E-state index contributed by atoms with van der Waals surface area (Å²) in [7, 11) is 1.62. The van der Waals surface area contributed by atoms with Gasteiger partial charge in [0.1, 0.15) is 5.75 Å². The second-order valence-electron chi connectivity index (χ2n) is 7.25. The highest BCUT2D eigenvalue weighted by atomic mass is 35.5. The molecule has 0 atom stereocenters. The minimum Gasteiger partial charge on any atom is -0.497 e. The van der Waals surface area contributed by atoms with Gasteiger partial charge in [0.2, 0.25) is 5.78 Å². The zero-order chi connectivity index (χ0) is 22.1. The molecule has 0 radical (unpaired) electrons. The maximum Gasteiger partial charge on any atom is 0.223 e. The van der Waals surface area contributed by atoms with Crippen LogP contribution in [0, 0.1) is 0 Å². The monoisotopic (exact) mass is 459 g/mol. The van der Waals surface area contributed by atoms with Gasteiger partial charge in [0.15, 0.2) is 5.01 Å². The highest BCUT2D eigenvalue weighted by molar-refractivity contribution is 7.17. The molecular formula is C25H18ClN3O2S. The molecule has 0 saturated carbocycles. The van der Waals surface area contributed by atoms with Crippen LogP contribution < -0.4 is 4.74 Å². The van der Waals surface area contributed by atoms with Crippen molar-refractivity contribution in [1.82, 2.24) is 14.5 Å². The lowest BCUT2D eigenvalue weighted by molar-refractivity contribution is 0.103. The van der Waals surface area contributed by atoms with Gasteiger partial charge in [-0.15, -0.1) is 11.3 Å². The molecule has 0 bridgehead atoms. The van der Waals surface area contributed by atoms with E-state index in [1.165, 1.54) is 11.3 Å². The third kappa shape index (κ3) is 3.90. The lowest BCUT2D eigenvalue weighted by Crippen LogP contribution is -2.00. The van der Waals surface area contributed by atoms with Gasteiger partial charge in [0.05, 0.1) is 23.2 Å². The average molecular weight is 460 g/mol. The molecule has 0 unspecified atom stereocenters. The van der Waals surface area contributed by atoms with Crippen LogP contribution in [0.3, 0.4) is 0 Å². The first-order valence-electron chi connectivity index (χ1n) is 9.95. The minimum atomic E-state index is -0.120. The van der Waals surface area contributed by atoms with Crippen LogP contribution in [0.1, 0.15) is 20.9 Å². The van der Waals surface area contributed by atoms with Gasteiger partial charge in [0, 0.05) is 41.1 Å². The predicted molar refractivity (Wildman–Crippen MR) is 128 cm³/mol. The predicted octanol–water partition coefficient (Wildman–Crippen LogP) is 6.10. The maximum absolute atomic E-state index is 13.5. The van der Waals surface area contributed by atoms with E-state index < -0.39 is 0 Å². The van der Waals surface area contributed by atoms with Gasteiger partial charge >= 0.3 is 0 Å². The quantitative estimate of drug-likeness (QED) is 0.288.